The zero-order chi connectivity index (χ0) is 13.9. The van der Waals surface area contributed by atoms with Gasteiger partial charge in [-0.05, 0) is 33.6 Å². The van der Waals surface area contributed by atoms with Crippen molar-refractivity contribution in [2.24, 2.45) is 0 Å². The SMILES string of the molecule is CC(C)(C)N1CCN(C(=O)N2CCCCCC2)CC1. The molecule has 0 aliphatic carbocycles. The summed E-state index contributed by atoms with van der Waals surface area (Å²) in [4.78, 5) is 19.1. The lowest BCUT2D eigenvalue weighted by atomic mass is 10.1. The number of urea groups is 1. The highest BCUT2D eigenvalue weighted by molar-refractivity contribution is 5.74. The van der Waals surface area contributed by atoms with Crippen LogP contribution in [0.1, 0.15) is 46.5 Å². The van der Waals surface area contributed by atoms with Crippen LogP contribution < -0.4 is 0 Å². The molecule has 19 heavy (non-hydrogen) atoms. The summed E-state index contributed by atoms with van der Waals surface area (Å²) in [6.45, 7) is 12.4. The molecule has 2 saturated heterocycles. The molecule has 0 radical (unpaired) electrons. The van der Waals surface area contributed by atoms with Gasteiger partial charge in [-0.25, -0.2) is 4.79 Å². The van der Waals surface area contributed by atoms with Crippen molar-refractivity contribution in [3.05, 3.63) is 0 Å². The number of carbonyl (C=O) groups excluding carboxylic acids is 1. The van der Waals surface area contributed by atoms with E-state index in [1.54, 1.807) is 0 Å². The largest absolute Gasteiger partial charge is 0.325 e. The average molecular weight is 267 g/mol. The van der Waals surface area contributed by atoms with Crippen LogP contribution in [0.2, 0.25) is 0 Å². The molecule has 0 aromatic heterocycles. The van der Waals surface area contributed by atoms with Crippen molar-refractivity contribution in [3.8, 4) is 0 Å². The number of nitrogens with zero attached hydrogens (tertiary/aromatic N) is 3. The number of rotatable bonds is 0. The summed E-state index contributed by atoms with van der Waals surface area (Å²) in [5, 5.41) is 0. The summed E-state index contributed by atoms with van der Waals surface area (Å²) in [6.07, 6.45) is 4.91. The fourth-order valence-corrected chi connectivity index (χ4v) is 3.03. The van der Waals surface area contributed by atoms with Crippen molar-refractivity contribution in [2.75, 3.05) is 39.3 Å². The van der Waals surface area contributed by atoms with Crippen LogP contribution in [-0.2, 0) is 0 Å². The van der Waals surface area contributed by atoms with Crippen molar-refractivity contribution >= 4 is 6.03 Å². The maximum Gasteiger partial charge on any atom is 0.320 e. The Morgan fingerprint density at radius 3 is 1.68 bits per heavy atom. The molecule has 0 unspecified atom stereocenters. The van der Waals surface area contributed by atoms with Crippen molar-refractivity contribution in [2.45, 2.75) is 52.0 Å². The molecule has 0 saturated carbocycles. The van der Waals surface area contributed by atoms with Gasteiger partial charge in [0.15, 0.2) is 0 Å². The Bertz CT molecular complexity index is 295. The Morgan fingerprint density at radius 2 is 1.21 bits per heavy atom. The third-order valence-corrected chi connectivity index (χ3v) is 4.38. The second-order valence-electron chi connectivity index (χ2n) is 6.83. The zero-order valence-electron chi connectivity index (χ0n) is 12.8. The lowest BCUT2D eigenvalue weighted by Crippen LogP contribution is -2.57. The molecule has 2 amide bonds. The minimum Gasteiger partial charge on any atom is -0.325 e. The summed E-state index contributed by atoms with van der Waals surface area (Å²) >= 11 is 0. The van der Waals surface area contributed by atoms with E-state index in [2.05, 4.69) is 30.6 Å². The Hall–Kier alpha value is -0.770. The van der Waals surface area contributed by atoms with Gasteiger partial charge in [-0.3, -0.25) is 4.90 Å². The quantitative estimate of drug-likeness (QED) is 0.674. The lowest BCUT2D eigenvalue weighted by molar-refractivity contribution is 0.0643. The minimum absolute atomic E-state index is 0.220. The van der Waals surface area contributed by atoms with Crippen LogP contribution in [0.5, 0.6) is 0 Å². The molecule has 0 N–H and O–H groups in total. The van der Waals surface area contributed by atoms with E-state index in [0.29, 0.717) is 0 Å². The molecule has 4 heteroatoms. The van der Waals surface area contributed by atoms with Crippen LogP contribution in [0.15, 0.2) is 0 Å². The summed E-state index contributed by atoms with van der Waals surface area (Å²) in [6, 6.07) is 0.274. The van der Waals surface area contributed by atoms with Crippen molar-refractivity contribution in [3.63, 3.8) is 0 Å². The molecule has 110 valence electrons. The first-order valence-electron chi connectivity index (χ1n) is 7.77. The van der Waals surface area contributed by atoms with E-state index >= 15 is 0 Å². The van der Waals surface area contributed by atoms with E-state index in [1.165, 1.54) is 25.7 Å². The summed E-state index contributed by atoms with van der Waals surface area (Å²) < 4.78 is 0. The van der Waals surface area contributed by atoms with Gasteiger partial charge in [-0.15, -0.1) is 0 Å². The Balaban J connectivity index is 1.85. The standard InChI is InChI=1S/C15H29N3O/c1-15(2,3)18-12-10-17(11-13-18)14(19)16-8-6-4-5-7-9-16/h4-13H2,1-3H3. The second-order valence-corrected chi connectivity index (χ2v) is 6.83. The maximum absolute atomic E-state index is 12.5. The molecule has 2 heterocycles. The van der Waals surface area contributed by atoms with Gasteiger partial charge in [0.1, 0.15) is 0 Å². The van der Waals surface area contributed by atoms with Crippen LogP contribution >= 0.6 is 0 Å². The molecule has 0 aromatic carbocycles. The lowest BCUT2D eigenvalue weighted by Gasteiger charge is -2.43. The minimum atomic E-state index is 0.220. The highest BCUT2D eigenvalue weighted by Crippen LogP contribution is 2.17. The molecule has 0 atom stereocenters. The molecule has 2 rings (SSSR count). The third-order valence-electron chi connectivity index (χ3n) is 4.38. The second kappa shape index (κ2) is 6.12. The van der Waals surface area contributed by atoms with Gasteiger partial charge in [0.05, 0.1) is 0 Å². The van der Waals surface area contributed by atoms with Crippen LogP contribution in [0.3, 0.4) is 0 Å². The Morgan fingerprint density at radius 1 is 0.737 bits per heavy atom. The van der Waals surface area contributed by atoms with Gasteiger partial charge in [-0.2, -0.15) is 0 Å². The van der Waals surface area contributed by atoms with Crippen LogP contribution in [0.25, 0.3) is 0 Å². The van der Waals surface area contributed by atoms with Gasteiger partial charge in [0, 0.05) is 44.8 Å². The first-order valence-corrected chi connectivity index (χ1v) is 7.77. The smallest absolute Gasteiger partial charge is 0.320 e. The van der Waals surface area contributed by atoms with E-state index in [-0.39, 0.29) is 11.6 Å². The fourth-order valence-electron chi connectivity index (χ4n) is 3.03. The number of carbonyl (C=O) groups is 1. The van der Waals surface area contributed by atoms with Gasteiger partial charge < -0.3 is 9.80 Å². The zero-order valence-corrected chi connectivity index (χ0v) is 12.8. The number of likely N-dealkylation sites (tertiary alicyclic amines) is 1. The van der Waals surface area contributed by atoms with Gasteiger partial charge >= 0.3 is 6.03 Å². The first kappa shape index (κ1) is 14.6. The predicted molar refractivity (Wildman–Crippen MR) is 78.3 cm³/mol. The maximum atomic E-state index is 12.5. The molecule has 0 bridgehead atoms. The van der Waals surface area contributed by atoms with Crippen molar-refractivity contribution < 1.29 is 4.79 Å². The molecule has 0 spiro atoms. The van der Waals surface area contributed by atoms with Gasteiger partial charge in [-0.1, -0.05) is 12.8 Å². The normalized spacial score (nSPS) is 23.3. The summed E-state index contributed by atoms with van der Waals surface area (Å²) in [5.74, 6) is 0. The van der Waals surface area contributed by atoms with Crippen LogP contribution in [0, 0.1) is 0 Å². The number of hydrogen-bond acceptors (Lipinski definition) is 2. The molecule has 2 fully saturated rings. The molecular formula is C15H29N3O. The summed E-state index contributed by atoms with van der Waals surface area (Å²) in [7, 11) is 0. The van der Waals surface area contributed by atoms with E-state index in [9.17, 15) is 4.79 Å². The predicted octanol–water partition coefficient (Wildman–Crippen LogP) is 2.40. The Kier molecular flexibility index (Phi) is 4.71. The van der Waals surface area contributed by atoms with Gasteiger partial charge in [0.25, 0.3) is 0 Å². The fraction of sp³-hybridized carbons (Fsp3) is 0.933. The topological polar surface area (TPSA) is 26.8 Å². The first-order chi connectivity index (χ1) is 8.98. The highest BCUT2D eigenvalue weighted by atomic mass is 16.2. The average Bonchev–Trinajstić information content (AvgIpc) is 2.66. The molecular weight excluding hydrogens is 238 g/mol. The van der Waals surface area contributed by atoms with E-state index in [4.69, 9.17) is 0 Å². The molecule has 2 aliphatic rings. The van der Waals surface area contributed by atoms with E-state index in [1.807, 2.05) is 4.90 Å². The highest BCUT2D eigenvalue weighted by Gasteiger charge is 2.29. The van der Waals surface area contributed by atoms with E-state index < -0.39 is 0 Å². The third kappa shape index (κ3) is 3.85. The number of piperazine rings is 1. The number of hydrogen-bond donors (Lipinski definition) is 0. The monoisotopic (exact) mass is 267 g/mol. The van der Waals surface area contributed by atoms with E-state index in [0.717, 1.165) is 39.3 Å². The van der Waals surface area contributed by atoms with Crippen LogP contribution in [-0.4, -0.2) is 65.5 Å². The Labute approximate surface area is 117 Å². The van der Waals surface area contributed by atoms with Crippen molar-refractivity contribution in [1.82, 2.24) is 14.7 Å². The summed E-state index contributed by atoms with van der Waals surface area (Å²) in [5.41, 5.74) is 0.220. The molecule has 2 aliphatic heterocycles. The van der Waals surface area contributed by atoms with Gasteiger partial charge in [0.2, 0.25) is 0 Å². The van der Waals surface area contributed by atoms with Crippen molar-refractivity contribution in [1.29, 1.82) is 0 Å². The molecule has 0 aromatic rings. The molecule has 4 nitrogen and oxygen atoms in total. The van der Waals surface area contributed by atoms with Crippen LogP contribution in [0.4, 0.5) is 4.79 Å². The number of amides is 2.